The molecule has 1 amide bonds. The lowest BCUT2D eigenvalue weighted by Crippen LogP contribution is -2.39. The summed E-state index contributed by atoms with van der Waals surface area (Å²) in [7, 11) is 0. The van der Waals surface area contributed by atoms with Crippen molar-refractivity contribution in [2.75, 3.05) is 0 Å². The number of aryl methyl sites for hydroxylation is 1. The first-order chi connectivity index (χ1) is 14.2. The molecule has 0 aliphatic heterocycles. The molecule has 5 rings (SSSR count). The van der Waals surface area contributed by atoms with Crippen LogP contribution in [0.5, 0.6) is 0 Å². The highest BCUT2D eigenvalue weighted by Gasteiger charge is 2.33. The van der Waals surface area contributed by atoms with Crippen LogP contribution in [0.4, 0.5) is 0 Å². The highest BCUT2D eigenvalue weighted by atomic mass is 32.1. The molecule has 148 valence electrons. The fourth-order valence-corrected chi connectivity index (χ4v) is 4.67. The molecule has 4 aromatic rings. The average Bonchev–Trinajstić information content (AvgIpc) is 3.36. The van der Waals surface area contributed by atoms with Crippen molar-refractivity contribution in [3.05, 3.63) is 63.8 Å². The molecule has 1 aliphatic rings. The number of aromatic nitrogens is 4. The minimum atomic E-state index is -0.226. The number of amides is 1. The lowest BCUT2D eigenvalue weighted by atomic mass is 10.2. The Morgan fingerprint density at radius 3 is 2.93 bits per heavy atom. The first kappa shape index (κ1) is 18.1. The third kappa shape index (κ3) is 3.23. The Kier molecular flexibility index (Phi) is 4.43. The van der Waals surface area contributed by atoms with E-state index in [9.17, 15) is 9.59 Å². The maximum Gasteiger partial charge on any atom is 0.291 e. The average molecular weight is 407 g/mol. The summed E-state index contributed by atoms with van der Waals surface area (Å²) in [6.07, 6.45) is 6.18. The van der Waals surface area contributed by atoms with Gasteiger partial charge in [0.15, 0.2) is 0 Å². The van der Waals surface area contributed by atoms with E-state index in [-0.39, 0.29) is 24.1 Å². The molecule has 0 bridgehead atoms. The molecule has 8 heteroatoms. The van der Waals surface area contributed by atoms with E-state index in [4.69, 9.17) is 0 Å². The van der Waals surface area contributed by atoms with Gasteiger partial charge in [-0.1, -0.05) is 13.0 Å². The smallest absolute Gasteiger partial charge is 0.291 e. The van der Waals surface area contributed by atoms with E-state index < -0.39 is 0 Å². The predicted molar refractivity (Wildman–Crippen MR) is 112 cm³/mol. The minimum Gasteiger partial charge on any atom is -0.334 e. The van der Waals surface area contributed by atoms with Crippen molar-refractivity contribution >= 4 is 33.0 Å². The molecule has 1 saturated carbocycles. The van der Waals surface area contributed by atoms with Gasteiger partial charge in [0.25, 0.3) is 5.56 Å². The number of carbonyl (C=O) groups excluding carboxylic acids is 1. The summed E-state index contributed by atoms with van der Waals surface area (Å²) in [4.78, 5) is 33.2. The van der Waals surface area contributed by atoms with Gasteiger partial charge >= 0.3 is 0 Å². The number of nitrogens with zero attached hydrogens (tertiary/aromatic N) is 5. The van der Waals surface area contributed by atoms with Crippen LogP contribution in [0.15, 0.2) is 46.8 Å². The van der Waals surface area contributed by atoms with Crippen LogP contribution >= 0.6 is 11.3 Å². The highest BCUT2D eigenvalue weighted by Crippen LogP contribution is 2.29. The number of pyridine rings is 1. The first-order valence-electron chi connectivity index (χ1n) is 9.82. The molecule has 0 spiro atoms. The summed E-state index contributed by atoms with van der Waals surface area (Å²) in [5, 5.41) is 7.59. The van der Waals surface area contributed by atoms with Gasteiger partial charge in [-0.2, -0.15) is 5.10 Å². The molecule has 29 heavy (non-hydrogen) atoms. The Balaban J connectivity index is 1.49. The maximum absolute atomic E-state index is 13.1. The van der Waals surface area contributed by atoms with Crippen LogP contribution < -0.4 is 5.56 Å². The van der Waals surface area contributed by atoms with Crippen LogP contribution in [0.25, 0.3) is 15.7 Å². The normalized spacial score (nSPS) is 14.0. The molecule has 0 saturated heterocycles. The Labute approximate surface area is 171 Å². The Morgan fingerprint density at radius 2 is 2.21 bits per heavy atom. The van der Waals surface area contributed by atoms with Crippen molar-refractivity contribution in [1.29, 1.82) is 0 Å². The fourth-order valence-electron chi connectivity index (χ4n) is 3.75. The maximum atomic E-state index is 13.1. The zero-order valence-corrected chi connectivity index (χ0v) is 16.9. The second-order valence-electron chi connectivity index (χ2n) is 7.39. The summed E-state index contributed by atoms with van der Waals surface area (Å²) in [5.41, 5.74) is 1.34. The molecule has 0 radical (unpaired) electrons. The van der Waals surface area contributed by atoms with Crippen LogP contribution in [-0.4, -0.2) is 36.0 Å². The van der Waals surface area contributed by atoms with E-state index in [0.717, 1.165) is 34.4 Å². The molecule has 1 aliphatic carbocycles. The van der Waals surface area contributed by atoms with Gasteiger partial charge in [-0.25, -0.2) is 4.68 Å². The summed E-state index contributed by atoms with van der Waals surface area (Å²) in [6, 6.07) is 7.98. The summed E-state index contributed by atoms with van der Waals surface area (Å²) >= 11 is 1.59. The van der Waals surface area contributed by atoms with E-state index in [1.165, 1.54) is 4.68 Å². The number of thiophene rings is 1. The van der Waals surface area contributed by atoms with Crippen LogP contribution in [0.2, 0.25) is 0 Å². The molecule has 4 heterocycles. The molecule has 1 fully saturated rings. The fraction of sp³-hybridized carbons (Fsp3) is 0.333. The lowest BCUT2D eigenvalue weighted by Gasteiger charge is -2.23. The molecule has 0 unspecified atom stereocenters. The van der Waals surface area contributed by atoms with Gasteiger partial charge in [-0.05, 0) is 42.0 Å². The van der Waals surface area contributed by atoms with E-state index in [2.05, 4.69) is 10.1 Å². The first-order valence-corrected chi connectivity index (χ1v) is 10.7. The van der Waals surface area contributed by atoms with Gasteiger partial charge < -0.3 is 4.90 Å². The van der Waals surface area contributed by atoms with Gasteiger partial charge in [0, 0.05) is 36.8 Å². The van der Waals surface area contributed by atoms with Crippen LogP contribution in [0.1, 0.15) is 31.2 Å². The standard InChI is InChI=1S/C21H21N5O2S/c1-2-18-23-25(20(28)17-10-15-7-9-29-21(15)26(17)18)13-19(27)24(16-5-6-16)12-14-4-3-8-22-11-14/h3-4,7-11,16H,2,5-6,12-13H2,1H3. The van der Waals surface area contributed by atoms with Crippen molar-refractivity contribution in [2.24, 2.45) is 0 Å². The van der Waals surface area contributed by atoms with Crippen LogP contribution in [0, 0.1) is 0 Å². The zero-order valence-electron chi connectivity index (χ0n) is 16.1. The van der Waals surface area contributed by atoms with Crippen LogP contribution in [-0.2, 0) is 24.3 Å². The monoisotopic (exact) mass is 407 g/mol. The number of fused-ring (bicyclic) bond motifs is 3. The van der Waals surface area contributed by atoms with E-state index in [1.54, 1.807) is 23.7 Å². The second-order valence-corrected chi connectivity index (χ2v) is 8.29. The van der Waals surface area contributed by atoms with Gasteiger partial charge in [0.2, 0.25) is 5.91 Å². The Morgan fingerprint density at radius 1 is 1.34 bits per heavy atom. The summed E-state index contributed by atoms with van der Waals surface area (Å²) in [5.74, 6) is 0.709. The molecule has 0 aromatic carbocycles. The van der Waals surface area contributed by atoms with Gasteiger partial charge in [-0.15, -0.1) is 11.3 Å². The predicted octanol–water partition coefficient (Wildman–Crippen LogP) is 2.86. The van der Waals surface area contributed by atoms with Crippen LogP contribution in [0.3, 0.4) is 0 Å². The Hall–Kier alpha value is -3.00. The van der Waals surface area contributed by atoms with Gasteiger partial charge in [-0.3, -0.25) is 19.0 Å². The molecule has 0 atom stereocenters. The topological polar surface area (TPSA) is 72.5 Å². The lowest BCUT2D eigenvalue weighted by molar-refractivity contribution is -0.133. The minimum absolute atomic E-state index is 0.0437. The van der Waals surface area contributed by atoms with Crippen molar-refractivity contribution < 1.29 is 4.79 Å². The van der Waals surface area contributed by atoms with Gasteiger partial charge in [0.05, 0.1) is 0 Å². The number of rotatable bonds is 6. The highest BCUT2D eigenvalue weighted by molar-refractivity contribution is 7.16. The number of hydrogen-bond donors (Lipinski definition) is 0. The molecule has 7 nitrogen and oxygen atoms in total. The largest absolute Gasteiger partial charge is 0.334 e. The van der Waals surface area contributed by atoms with Crippen molar-refractivity contribution in [3.8, 4) is 0 Å². The summed E-state index contributed by atoms with van der Waals surface area (Å²) in [6.45, 7) is 2.48. The van der Waals surface area contributed by atoms with Crippen molar-refractivity contribution in [3.63, 3.8) is 0 Å². The molecule has 0 N–H and O–H groups in total. The van der Waals surface area contributed by atoms with E-state index in [1.807, 2.05) is 45.9 Å². The molecular formula is C21H21N5O2S. The van der Waals surface area contributed by atoms with Crippen molar-refractivity contribution in [1.82, 2.24) is 24.1 Å². The second kappa shape index (κ2) is 7.11. The number of carbonyl (C=O) groups is 1. The third-order valence-electron chi connectivity index (χ3n) is 5.34. The van der Waals surface area contributed by atoms with Crippen molar-refractivity contribution in [2.45, 2.75) is 45.3 Å². The molecule has 4 aromatic heterocycles. The zero-order chi connectivity index (χ0) is 20.0. The Bertz CT molecular complexity index is 1250. The van der Waals surface area contributed by atoms with E-state index >= 15 is 0 Å². The third-order valence-corrected chi connectivity index (χ3v) is 6.26. The summed E-state index contributed by atoms with van der Waals surface area (Å²) < 4.78 is 3.26. The SMILES string of the molecule is CCc1nn(CC(=O)N(Cc2cccnc2)C2CC2)c(=O)c2cc3ccsc3n12. The quantitative estimate of drug-likeness (QED) is 0.493. The van der Waals surface area contributed by atoms with Gasteiger partial charge in [0.1, 0.15) is 22.7 Å². The molecular weight excluding hydrogens is 386 g/mol. The van der Waals surface area contributed by atoms with E-state index in [0.29, 0.717) is 18.5 Å². The number of hydrogen-bond acceptors (Lipinski definition) is 5.